The number of fused-ring (bicyclic) bond motifs is 1. The van der Waals surface area contributed by atoms with Crippen molar-refractivity contribution in [2.75, 3.05) is 20.8 Å². The highest BCUT2D eigenvalue weighted by Crippen LogP contribution is 2.44. The third-order valence-corrected chi connectivity index (χ3v) is 3.81. The summed E-state index contributed by atoms with van der Waals surface area (Å²) in [4.78, 5) is 0. The molecule has 0 aromatic heterocycles. The van der Waals surface area contributed by atoms with Gasteiger partial charge in [0.05, 0.1) is 0 Å². The second kappa shape index (κ2) is 5.39. The summed E-state index contributed by atoms with van der Waals surface area (Å²) in [5.74, 6) is 0. The first kappa shape index (κ1) is 13.5. The predicted molar refractivity (Wildman–Crippen MR) is 72.5 cm³/mol. The quantitative estimate of drug-likeness (QED) is 0.813. The van der Waals surface area contributed by atoms with Gasteiger partial charge >= 0.3 is 0 Å². The van der Waals surface area contributed by atoms with Crippen molar-refractivity contribution < 1.29 is 9.47 Å². The van der Waals surface area contributed by atoms with Gasteiger partial charge in [0.2, 0.25) is 0 Å². The van der Waals surface area contributed by atoms with E-state index in [1.165, 1.54) is 11.1 Å². The van der Waals surface area contributed by atoms with Crippen LogP contribution in [0.15, 0.2) is 24.3 Å². The minimum absolute atomic E-state index is 0.187. The van der Waals surface area contributed by atoms with Gasteiger partial charge in [0, 0.05) is 26.8 Å². The van der Waals surface area contributed by atoms with Crippen LogP contribution in [-0.2, 0) is 15.9 Å². The van der Waals surface area contributed by atoms with Crippen LogP contribution in [-0.4, -0.2) is 27.1 Å². The normalized spacial score (nSPS) is 21.3. The van der Waals surface area contributed by atoms with Crippen LogP contribution >= 0.6 is 0 Å². The van der Waals surface area contributed by atoms with E-state index in [1.54, 1.807) is 14.2 Å². The van der Waals surface area contributed by atoms with Crippen molar-refractivity contribution >= 4 is 0 Å². The Kier molecular flexibility index (Phi) is 4.05. The van der Waals surface area contributed by atoms with E-state index in [9.17, 15) is 0 Å². The SMILES string of the molecule is COC(CNC1c2ccccc2CC1(C)C)OC. The number of nitrogens with one attached hydrogen (secondary N) is 1. The van der Waals surface area contributed by atoms with E-state index in [1.807, 2.05) is 0 Å². The molecule has 3 heteroatoms. The third-order valence-electron chi connectivity index (χ3n) is 3.81. The van der Waals surface area contributed by atoms with Crippen LogP contribution in [0, 0.1) is 5.41 Å². The molecule has 0 aliphatic heterocycles. The van der Waals surface area contributed by atoms with E-state index < -0.39 is 0 Å². The van der Waals surface area contributed by atoms with Gasteiger partial charge < -0.3 is 14.8 Å². The Hall–Kier alpha value is -0.900. The molecule has 1 aromatic carbocycles. The maximum absolute atomic E-state index is 5.23. The molecule has 3 nitrogen and oxygen atoms in total. The van der Waals surface area contributed by atoms with Crippen molar-refractivity contribution in [3.8, 4) is 0 Å². The fourth-order valence-electron chi connectivity index (χ4n) is 2.85. The maximum Gasteiger partial charge on any atom is 0.169 e. The summed E-state index contributed by atoms with van der Waals surface area (Å²) >= 11 is 0. The highest BCUT2D eigenvalue weighted by molar-refractivity contribution is 5.37. The van der Waals surface area contributed by atoms with Crippen molar-refractivity contribution in [1.29, 1.82) is 0 Å². The van der Waals surface area contributed by atoms with E-state index >= 15 is 0 Å². The fourth-order valence-corrected chi connectivity index (χ4v) is 2.85. The molecule has 1 aliphatic carbocycles. The largest absolute Gasteiger partial charge is 0.355 e. The summed E-state index contributed by atoms with van der Waals surface area (Å²) < 4.78 is 10.5. The predicted octanol–water partition coefficient (Wildman–Crippen LogP) is 2.52. The lowest BCUT2D eigenvalue weighted by Crippen LogP contribution is -2.37. The fraction of sp³-hybridized carbons (Fsp3) is 0.600. The molecule has 0 bridgehead atoms. The van der Waals surface area contributed by atoms with Gasteiger partial charge in [-0.05, 0) is 23.0 Å². The van der Waals surface area contributed by atoms with Crippen molar-refractivity contribution in [3.05, 3.63) is 35.4 Å². The van der Waals surface area contributed by atoms with Crippen LogP contribution in [0.1, 0.15) is 31.0 Å². The molecule has 1 aromatic rings. The summed E-state index contributed by atoms with van der Waals surface area (Å²) in [6.07, 6.45) is 0.930. The summed E-state index contributed by atoms with van der Waals surface area (Å²) in [6.45, 7) is 5.31. The van der Waals surface area contributed by atoms with Crippen molar-refractivity contribution in [1.82, 2.24) is 5.32 Å². The molecule has 2 rings (SSSR count). The van der Waals surface area contributed by atoms with Gasteiger partial charge in [-0.2, -0.15) is 0 Å². The molecular formula is C15H23NO2. The molecule has 0 fully saturated rings. The van der Waals surface area contributed by atoms with Crippen LogP contribution < -0.4 is 5.32 Å². The molecular weight excluding hydrogens is 226 g/mol. The monoisotopic (exact) mass is 249 g/mol. The maximum atomic E-state index is 5.23. The molecule has 0 saturated heterocycles. The standard InChI is InChI=1S/C15H23NO2/c1-15(2)9-11-7-5-6-8-12(11)14(15)16-10-13(17-3)18-4/h5-8,13-14,16H,9-10H2,1-4H3. The number of methoxy groups -OCH3 is 2. The molecule has 1 aliphatic rings. The molecule has 0 heterocycles. The van der Waals surface area contributed by atoms with Gasteiger partial charge in [0.15, 0.2) is 6.29 Å². The number of rotatable bonds is 5. The molecule has 0 radical (unpaired) electrons. The van der Waals surface area contributed by atoms with E-state index in [0.717, 1.165) is 6.42 Å². The number of ether oxygens (including phenoxy) is 2. The summed E-state index contributed by atoms with van der Waals surface area (Å²) in [5, 5.41) is 3.58. The van der Waals surface area contributed by atoms with Crippen LogP contribution in [0.2, 0.25) is 0 Å². The lowest BCUT2D eigenvalue weighted by molar-refractivity contribution is -0.101. The lowest BCUT2D eigenvalue weighted by atomic mass is 9.85. The van der Waals surface area contributed by atoms with E-state index in [2.05, 4.69) is 43.4 Å². The molecule has 1 N–H and O–H groups in total. The first-order valence-electron chi connectivity index (χ1n) is 6.45. The second-order valence-corrected chi connectivity index (χ2v) is 5.61. The molecule has 0 saturated carbocycles. The van der Waals surface area contributed by atoms with Gasteiger partial charge in [-0.25, -0.2) is 0 Å². The van der Waals surface area contributed by atoms with Crippen LogP contribution in [0.5, 0.6) is 0 Å². The average molecular weight is 249 g/mol. The topological polar surface area (TPSA) is 30.5 Å². The molecule has 18 heavy (non-hydrogen) atoms. The molecule has 100 valence electrons. The van der Waals surface area contributed by atoms with Crippen LogP contribution in [0.3, 0.4) is 0 Å². The third kappa shape index (κ3) is 2.58. The van der Waals surface area contributed by atoms with Crippen LogP contribution in [0.4, 0.5) is 0 Å². The Balaban J connectivity index is 2.11. The number of hydrogen-bond donors (Lipinski definition) is 1. The average Bonchev–Trinajstić information content (AvgIpc) is 2.61. The minimum Gasteiger partial charge on any atom is -0.355 e. The number of hydrogen-bond acceptors (Lipinski definition) is 3. The van der Waals surface area contributed by atoms with Gasteiger partial charge in [0.25, 0.3) is 0 Å². The van der Waals surface area contributed by atoms with Crippen LogP contribution in [0.25, 0.3) is 0 Å². The van der Waals surface area contributed by atoms with E-state index in [-0.39, 0.29) is 11.7 Å². The zero-order valence-corrected chi connectivity index (χ0v) is 11.7. The first-order valence-corrected chi connectivity index (χ1v) is 6.45. The zero-order chi connectivity index (χ0) is 13.2. The first-order chi connectivity index (χ1) is 8.58. The Morgan fingerprint density at radius 3 is 2.61 bits per heavy atom. The smallest absolute Gasteiger partial charge is 0.169 e. The molecule has 0 amide bonds. The Morgan fingerprint density at radius 1 is 1.28 bits per heavy atom. The van der Waals surface area contributed by atoms with Crippen molar-refractivity contribution in [3.63, 3.8) is 0 Å². The van der Waals surface area contributed by atoms with Gasteiger partial charge in [-0.1, -0.05) is 38.1 Å². The van der Waals surface area contributed by atoms with E-state index in [4.69, 9.17) is 9.47 Å². The highest BCUT2D eigenvalue weighted by Gasteiger charge is 2.38. The minimum atomic E-state index is -0.187. The Morgan fingerprint density at radius 2 is 1.94 bits per heavy atom. The zero-order valence-electron chi connectivity index (χ0n) is 11.7. The van der Waals surface area contributed by atoms with Gasteiger partial charge in [-0.15, -0.1) is 0 Å². The second-order valence-electron chi connectivity index (χ2n) is 5.61. The van der Waals surface area contributed by atoms with E-state index in [0.29, 0.717) is 12.6 Å². The lowest BCUT2D eigenvalue weighted by Gasteiger charge is -2.30. The summed E-state index contributed by atoms with van der Waals surface area (Å²) in [7, 11) is 3.34. The number of benzene rings is 1. The summed E-state index contributed by atoms with van der Waals surface area (Å²) in [6, 6.07) is 9.03. The van der Waals surface area contributed by atoms with Gasteiger partial charge in [-0.3, -0.25) is 0 Å². The Labute approximate surface area is 109 Å². The van der Waals surface area contributed by atoms with Crippen molar-refractivity contribution in [2.24, 2.45) is 5.41 Å². The molecule has 1 atom stereocenters. The Bertz CT molecular complexity index is 399. The highest BCUT2D eigenvalue weighted by atomic mass is 16.7. The van der Waals surface area contributed by atoms with Gasteiger partial charge in [0.1, 0.15) is 0 Å². The van der Waals surface area contributed by atoms with Crippen molar-refractivity contribution in [2.45, 2.75) is 32.6 Å². The molecule has 0 spiro atoms. The molecule has 1 unspecified atom stereocenters. The summed E-state index contributed by atoms with van der Waals surface area (Å²) in [5.41, 5.74) is 3.09.